The molecule has 0 saturated carbocycles. The minimum atomic E-state index is -1.08. The number of hydrogen-bond acceptors (Lipinski definition) is 6. The van der Waals surface area contributed by atoms with Gasteiger partial charge in [-0.05, 0) is 18.2 Å². The summed E-state index contributed by atoms with van der Waals surface area (Å²) in [4.78, 5) is 22.3. The predicted molar refractivity (Wildman–Crippen MR) is 85.3 cm³/mol. The van der Waals surface area contributed by atoms with E-state index >= 15 is 0 Å². The van der Waals surface area contributed by atoms with Gasteiger partial charge < -0.3 is 20.5 Å². The zero-order valence-corrected chi connectivity index (χ0v) is 12.7. The van der Waals surface area contributed by atoms with Crippen LogP contribution in [0.2, 0.25) is 0 Å². The third-order valence-electron chi connectivity index (χ3n) is 2.87. The van der Waals surface area contributed by atoms with Crippen molar-refractivity contribution in [3.05, 3.63) is 47.2 Å². The van der Waals surface area contributed by atoms with Gasteiger partial charge in [-0.25, -0.2) is 4.79 Å². The first-order chi connectivity index (χ1) is 11.0. The summed E-state index contributed by atoms with van der Waals surface area (Å²) in [7, 11) is 0. The van der Waals surface area contributed by atoms with E-state index in [1.165, 1.54) is 0 Å². The Kier molecular flexibility index (Phi) is 5.28. The Balaban J connectivity index is 2.27. The van der Waals surface area contributed by atoms with Crippen molar-refractivity contribution < 1.29 is 19.4 Å². The lowest BCUT2D eigenvalue weighted by atomic mass is 10.1. The van der Waals surface area contributed by atoms with Crippen LogP contribution in [0.5, 0.6) is 5.75 Å². The molecule has 0 saturated heterocycles. The largest absolute Gasteiger partial charge is 0.481 e. The van der Waals surface area contributed by atoms with Crippen LogP contribution in [-0.2, 0) is 9.59 Å². The summed E-state index contributed by atoms with van der Waals surface area (Å²) in [5.41, 5.74) is 0.277. The number of carbonyl (C=O) groups is 2. The van der Waals surface area contributed by atoms with Gasteiger partial charge in [0, 0.05) is 5.56 Å². The van der Waals surface area contributed by atoms with Crippen molar-refractivity contribution in [2.75, 3.05) is 6.61 Å². The van der Waals surface area contributed by atoms with Gasteiger partial charge in [-0.2, -0.15) is 5.26 Å². The highest BCUT2D eigenvalue weighted by atomic mass is 32.1. The van der Waals surface area contributed by atoms with Crippen molar-refractivity contribution in [2.45, 2.75) is 5.50 Å². The molecule has 0 radical (unpaired) electrons. The number of para-hydroxylation sites is 1. The van der Waals surface area contributed by atoms with Gasteiger partial charge in [0.25, 0.3) is 5.91 Å². The van der Waals surface area contributed by atoms with Gasteiger partial charge in [0.15, 0.2) is 6.61 Å². The van der Waals surface area contributed by atoms with Gasteiger partial charge in [-0.3, -0.25) is 4.79 Å². The molecule has 1 aromatic carbocycles. The van der Waals surface area contributed by atoms with Crippen LogP contribution in [0.4, 0.5) is 0 Å². The molecule has 7 nitrogen and oxygen atoms in total. The van der Waals surface area contributed by atoms with E-state index in [9.17, 15) is 9.59 Å². The van der Waals surface area contributed by atoms with E-state index in [0.717, 1.165) is 0 Å². The Morgan fingerprint density at radius 2 is 2.13 bits per heavy atom. The molecule has 1 amide bonds. The third kappa shape index (κ3) is 4.28. The summed E-state index contributed by atoms with van der Waals surface area (Å²) in [5.74, 6) is -1.21. The van der Waals surface area contributed by atoms with E-state index < -0.39 is 24.0 Å². The van der Waals surface area contributed by atoms with Gasteiger partial charge in [-0.1, -0.05) is 18.2 Å². The van der Waals surface area contributed by atoms with Gasteiger partial charge in [0.1, 0.15) is 22.9 Å². The van der Waals surface area contributed by atoms with E-state index in [4.69, 9.17) is 15.1 Å². The Bertz CT molecular complexity index is 736. The highest BCUT2D eigenvalue weighted by Crippen LogP contribution is 2.21. The van der Waals surface area contributed by atoms with E-state index in [0.29, 0.717) is 17.0 Å². The number of amides is 1. The molecule has 2 rings (SSSR count). The van der Waals surface area contributed by atoms with Crippen LogP contribution in [0.15, 0.2) is 41.6 Å². The van der Waals surface area contributed by atoms with E-state index in [2.05, 4.69) is 23.3 Å². The molecule has 1 aliphatic heterocycles. The maximum absolute atomic E-state index is 11.7. The Hall–Kier alpha value is -2.92. The van der Waals surface area contributed by atoms with Crippen LogP contribution < -0.4 is 15.4 Å². The number of carboxylic acids is 1. The molecule has 1 aromatic rings. The minimum absolute atomic E-state index is 0.0597. The molecule has 1 atom stereocenters. The second-order valence-electron chi connectivity index (χ2n) is 4.47. The molecular formula is C15H13N3O4S. The van der Waals surface area contributed by atoms with Crippen molar-refractivity contribution in [1.29, 1.82) is 5.26 Å². The fourth-order valence-corrected chi connectivity index (χ4v) is 2.14. The molecular weight excluding hydrogens is 318 g/mol. The van der Waals surface area contributed by atoms with Crippen LogP contribution in [-0.4, -0.2) is 29.1 Å². The molecule has 23 heavy (non-hydrogen) atoms. The molecule has 1 heterocycles. The number of nitrogens with one attached hydrogen (secondary N) is 2. The van der Waals surface area contributed by atoms with E-state index in [1.807, 2.05) is 6.07 Å². The second kappa shape index (κ2) is 7.38. The summed E-state index contributed by atoms with van der Waals surface area (Å²) in [6.07, 6.45) is 3.17. The average Bonchev–Trinajstić information content (AvgIpc) is 2.51. The van der Waals surface area contributed by atoms with Gasteiger partial charge >= 0.3 is 5.97 Å². The molecule has 3 N–H and O–H groups in total. The molecule has 0 bridgehead atoms. The molecule has 118 valence electrons. The van der Waals surface area contributed by atoms with Crippen molar-refractivity contribution >= 4 is 30.6 Å². The maximum atomic E-state index is 11.7. The van der Waals surface area contributed by atoms with Crippen LogP contribution in [0.25, 0.3) is 6.08 Å². The maximum Gasteiger partial charge on any atom is 0.341 e. The highest BCUT2D eigenvalue weighted by molar-refractivity contribution is 7.80. The second-order valence-corrected chi connectivity index (χ2v) is 4.99. The van der Waals surface area contributed by atoms with Crippen molar-refractivity contribution in [3.8, 4) is 11.8 Å². The predicted octanol–water partition coefficient (Wildman–Crippen LogP) is 0.874. The number of allylic oxidation sites excluding steroid dienone is 1. The smallest absolute Gasteiger partial charge is 0.341 e. The summed E-state index contributed by atoms with van der Waals surface area (Å²) in [5, 5.41) is 23.1. The molecule has 8 heteroatoms. The normalized spacial score (nSPS) is 17.4. The van der Waals surface area contributed by atoms with Crippen molar-refractivity contribution in [2.24, 2.45) is 0 Å². The first-order valence-corrected chi connectivity index (χ1v) is 7.04. The number of hydrogen-bond donors (Lipinski definition) is 4. The number of carboxylic acid groups (broad SMARTS) is 1. The lowest BCUT2D eigenvalue weighted by Crippen LogP contribution is -2.46. The molecule has 0 fully saturated rings. The number of nitriles is 1. The number of nitrogens with zero attached hydrogens (tertiary/aromatic N) is 1. The summed E-state index contributed by atoms with van der Waals surface area (Å²) in [6.45, 7) is -0.462. The standard InChI is InChI=1S/C15H13N3O4S/c16-7-10-11(17-15(23)18-14(10)21)6-5-9-3-1-2-4-12(9)22-8-13(19)20/h1-6,15,17,23H,8H2,(H,18,21)(H,19,20)/b6-5+. The quantitative estimate of drug-likeness (QED) is 0.596. The average molecular weight is 331 g/mol. The van der Waals surface area contributed by atoms with Crippen LogP contribution in [0.3, 0.4) is 0 Å². The Morgan fingerprint density at radius 3 is 2.83 bits per heavy atom. The Labute approximate surface area is 137 Å². The SMILES string of the molecule is N#CC1=C(/C=C/c2ccccc2OCC(=O)O)NC(S)NC1=O. The number of rotatable bonds is 5. The molecule has 0 spiro atoms. The van der Waals surface area contributed by atoms with Gasteiger partial charge in [-0.15, -0.1) is 12.6 Å². The summed E-state index contributed by atoms with van der Waals surface area (Å²) < 4.78 is 5.19. The lowest BCUT2D eigenvalue weighted by molar-refractivity contribution is -0.139. The zero-order chi connectivity index (χ0) is 16.8. The van der Waals surface area contributed by atoms with Crippen molar-refractivity contribution in [1.82, 2.24) is 10.6 Å². The van der Waals surface area contributed by atoms with Crippen LogP contribution in [0, 0.1) is 11.3 Å². The highest BCUT2D eigenvalue weighted by Gasteiger charge is 2.22. The molecule has 1 aliphatic rings. The number of ether oxygens (including phenoxy) is 1. The number of benzene rings is 1. The topological polar surface area (TPSA) is 111 Å². The number of carbonyl (C=O) groups excluding carboxylic acids is 1. The number of thiol groups is 1. The molecule has 0 aliphatic carbocycles. The van der Waals surface area contributed by atoms with Gasteiger partial charge in [0.2, 0.25) is 0 Å². The summed E-state index contributed by atoms with van der Waals surface area (Å²) in [6, 6.07) is 8.65. The van der Waals surface area contributed by atoms with Crippen molar-refractivity contribution in [3.63, 3.8) is 0 Å². The van der Waals surface area contributed by atoms with E-state index in [-0.39, 0.29) is 5.57 Å². The first kappa shape index (κ1) is 16.5. The van der Waals surface area contributed by atoms with Gasteiger partial charge in [0.05, 0.1) is 5.70 Å². The first-order valence-electron chi connectivity index (χ1n) is 6.53. The molecule has 0 aromatic heterocycles. The molecule has 1 unspecified atom stereocenters. The summed E-state index contributed by atoms with van der Waals surface area (Å²) >= 11 is 4.11. The minimum Gasteiger partial charge on any atom is -0.481 e. The zero-order valence-electron chi connectivity index (χ0n) is 11.8. The Morgan fingerprint density at radius 1 is 1.39 bits per heavy atom. The third-order valence-corrected chi connectivity index (χ3v) is 3.13. The van der Waals surface area contributed by atoms with Crippen LogP contribution in [0.1, 0.15) is 5.56 Å². The van der Waals surface area contributed by atoms with Crippen LogP contribution >= 0.6 is 12.6 Å². The lowest BCUT2D eigenvalue weighted by Gasteiger charge is -2.22. The fourth-order valence-electron chi connectivity index (χ4n) is 1.88. The number of aliphatic carboxylic acids is 1. The fraction of sp³-hybridized carbons (Fsp3) is 0.133. The van der Waals surface area contributed by atoms with E-state index in [1.54, 1.807) is 36.4 Å². The monoisotopic (exact) mass is 331 g/mol.